The molecular formula is C14H17N3O2S2. The number of methoxy groups -OCH3 is 1. The number of para-hydroxylation sites is 1. The molecule has 0 aliphatic carbocycles. The van der Waals surface area contributed by atoms with E-state index in [1.54, 1.807) is 0 Å². The van der Waals surface area contributed by atoms with Gasteiger partial charge in [0.2, 0.25) is 5.13 Å². The minimum absolute atomic E-state index is 0.246. The highest BCUT2D eigenvalue weighted by molar-refractivity contribution is 8.01. The van der Waals surface area contributed by atoms with Gasteiger partial charge in [0.1, 0.15) is 0 Å². The molecule has 0 aliphatic heterocycles. The summed E-state index contributed by atoms with van der Waals surface area (Å²) in [7, 11) is 1.38. The second-order valence-electron chi connectivity index (χ2n) is 4.33. The van der Waals surface area contributed by atoms with Crippen LogP contribution in [0.1, 0.15) is 18.1 Å². The molecule has 1 heterocycles. The van der Waals surface area contributed by atoms with E-state index in [1.807, 2.05) is 0 Å². The number of aryl methyl sites for hydroxylation is 2. The number of hydrogen-bond donors (Lipinski definition) is 1. The Morgan fingerprint density at radius 2 is 2.24 bits per heavy atom. The molecular weight excluding hydrogens is 306 g/mol. The van der Waals surface area contributed by atoms with Gasteiger partial charge in [0.25, 0.3) is 0 Å². The van der Waals surface area contributed by atoms with Gasteiger partial charge < -0.3 is 10.1 Å². The van der Waals surface area contributed by atoms with Gasteiger partial charge in [0.15, 0.2) is 4.34 Å². The Kier molecular flexibility index (Phi) is 5.58. The fourth-order valence-corrected chi connectivity index (χ4v) is 3.40. The summed E-state index contributed by atoms with van der Waals surface area (Å²) in [4.78, 5) is 11.1. The average Bonchev–Trinajstić information content (AvgIpc) is 2.94. The van der Waals surface area contributed by atoms with E-state index < -0.39 is 0 Å². The van der Waals surface area contributed by atoms with Crippen molar-refractivity contribution >= 4 is 39.9 Å². The van der Waals surface area contributed by atoms with Crippen molar-refractivity contribution in [2.24, 2.45) is 0 Å². The first-order chi connectivity index (χ1) is 10.1. The number of anilines is 2. The number of rotatable bonds is 6. The van der Waals surface area contributed by atoms with E-state index in [1.165, 1.54) is 41.3 Å². The third-order valence-corrected chi connectivity index (χ3v) is 4.87. The van der Waals surface area contributed by atoms with E-state index in [0.29, 0.717) is 0 Å². The monoisotopic (exact) mass is 323 g/mol. The number of carbonyl (C=O) groups is 1. The van der Waals surface area contributed by atoms with Crippen LogP contribution in [0.5, 0.6) is 0 Å². The lowest BCUT2D eigenvalue weighted by atomic mass is 10.1. The highest BCUT2D eigenvalue weighted by Crippen LogP contribution is 2.30. The molecule has 0 radical (unpaired) electrons. The van der Waals surface area contributed by atoms with Gasteiger partial charge in [-0.2, -0.15) is 0 Å². The lowest BCUT2D eigenvalue weighted by Gasteiger charge is -2.11. The number of carbonyl (C=O) groups excluding carboxylic acids is 1. The van der Waals surface area contributed by atoms with Crippen molar-refractivity contribution in [3.63, 3.8) is 0 Å². The Hall–Kier alpha value is -1.60. The van der Waals surface area contributed by atoms with E-state index in [2.05, 4.69) is 52.3 Å². The average molecular weight is 323 g/mol. The molecule has 0 aliphatic rings. The Balaban J connectivity index is 2.07. The van der Waals surface area contributed by atoms with Crippen molar-refractivity contribution in [1.82, 2.24) is 10.2 Å². The normalized spacial score (nSPS) is 10.4. The third kappa shape index (κ3) is 4.18. The summed E-state index contributed by atoms with van der Waals surface area (Å²) in [6, 6.07) is 6.22. The molecule has 0 bridgehead atoms. The van der Waals surface area contributed by atoms with E-state index in [-0.39, 0.29) is 11.7 Å². The zero-order valence-corrected chi connectivity index (χ0v) is 13.8. The van der Waals surface area contributed by atoms with Crippen LogP contribution in [0.4, 0.5) is 10.8 Å². The molecule has 21 heavy (non-hydrogen) atoms. The van der Waals surface area contributed by atoms with Gasteiger partial charge in [-0.25, -0.2) is 0 Å². The fourth-order valence-electron chi connectivity index (χ4n) is 1.81. The van der Waals surface area contributed by atoms with Crippen LogP contribution in [-0.4, -0.2) is 29.0 Å². The summed E-state index contributed by atoms with van der Waals surface area (Å²) >= 11 is 2.76. The highest BCUT2D eigenvalue weighted by Gasteiger charge is 2.10. The fraction of sp³-hybridized carbons (Fsp3) is 0.357. The molecule has 2 aromatic rings. The maximum Gasteiger partial charge on any atom is 0.316 e. The van der Waals surface area contributed by atoms with Crippen molar-refractivity contribution in [2.45, 2.75) is 24.6 Å². The largest absolute Gasteiger partial charge is 0.468 e. The van der Waals surface area contributed by atoms with E-state index in [0.717, 1.165) is 21.6 Å². The summed E-state index contributed by atoms with van der Waals surface area (Å²) < 4.78 is 5.35. The SMILES string of the molecule is CCc1cccc(C)c1Nc1nnc(SCC(=O)OC)s1. The minimum atomic E-state index is -0.267. The van der Waals surface area contributed by atoms with Crippen LogP contribution in [-0.2, 0) is 16.0 Å². The van der Waals surface area contributed by atoms with Crippen LogP contribution in [0.3, 0.4) is 0 Å². The maximum atomic E-state index is 11.1. The number of thioether (sulfide) groups is 1. The van der Waals surface area contributed by atoms with E-state index >= 15 is 0 Å². The van der Waals surface area contributed by atoms with Crippen LogP contribution >= 0.6 is 23.1 Å². The molecule has 0 spiro atoms. The van der Waals surface area contributed by atoms with E-state index in [4.69, 9.17) is 0 Å². The molecule has 2 rings (SSSR count). The van der Waals surface area contributed by atoms with Crippen LogP contribution in [0.2, 0.25) is 0 Å². The van der Waals surface area contributed by atoms with Gasteiger partial charge >= 0.3 is 5.97 Å². The molecule has 0 amide bonds. The molecule has 1 aromatic carbocycles. The minimum Gasteiger partial charge on any atom is -0.468 e. The lowest BCUT2D eigenvalue weighted by molar-refractivity contribution is -0.137. The number of ether oxygens (including phenoxy) is 1. The quantitative estimate of drug-likeness (QED) is 0.649. The number of nitrogens with one attached hydrogen (secondary N) is 1. The van der Waals surface area contributed by atoms with Crippen molar-refractivity contribution < 1.29 is 9.53 Å². The van der Waals surface area contributed by atoms with Gasteiger partial charge in [-0.3, -0.25) is 4.79 Å². The van der Waals surface area contributed by atoms with Crippen molar-refractivity contribution in [3.8, 4) is 0 Å². The standard InChI is InChI=1S/C14H17N3O2S2/c1-4-10-7-5-6-9(2)12(10)15-13-16-17-14(21-13)20-8-11(18)19-3/h5-7H,4,8H2,1-3H3,(H,15,16). The molecule has 0 saturated carbocycles. The summed E-state index contributed by atoms with van der Waals surface area (Å²) in [6.45, 7) is 4.19. The molecule has 5 nitrogen and oxygen atoms in total. The zero-order chi connectivity index (χ0) is 15.2. The van der Waals surface area contributed by atoms with Crippen molar-refractivity contribution in [2.75, 3.05) is 18.2 Å². The molecule has 0 saturated heterocycles. The smallest absolute Gasteiger partial charge is 0.316 e. The lowest BCUT2D eigenvalue weighted by Crippen LogP contribution is -2.02. The number of nitrogens with zero attached hydrogens (tertiary/aromatic N) is 2. The van der Waals surface area contributed by atoms with Crippen molar-refractivity contribution in [3.05, 3.63) is 29.3 Å². The number of aromatic nitrogens is 2. The molecule has 7 heteroatoms. The summed E-state index contributed by atoms with van der Waals surface area (Å²) in [5.74, 6) is -0.0210. The van der Waals surface area contributed by atoms with Gasteiger partial charge in [-0.15, -0.1) is 10.2 Å². The predicted octanol–water partition coefficient (Wildman–Crippen LogP) is 3.42. The van der Waals surface area contributed by atoms with Crippen LogP contribution in [0.25, 0.3) is 0 Å². The Morgan fingerprint density at radius 3 is 2.95 bits per heavy atom. The first-order valence-electron chi connectivity index (χ1n) is 6.52. The van der Waals surface area contributed by atoms with Gasteiger partial charge in [0.05, 0.1) is 12.9 Å². The van der Waals surface area contributed by atoms with Crippen molar-refractivity contribution in [1.29, 1.82) is 0 Å². The predicted molar refractivity (Wildman–Crippen MR) is 86.5 cm³/mol. The molecule has 1 N–H and O–H groups in total. The van der Waals surface area contributed by atoms with Crippen LogP contribution < -0.4 is 5.32 Å². The Bertz CT molecular complexity index is 628. The second kappa shape index (κ2) is 7.42. The first-order valence-corrected chi connectivity index (χ1v) is 8.33. The molecule has 1 aromatic heterocycles. The van der Waals surface area contributed by atoms with Gasteiger partial charge in [0, 0.05) is 5.69 Å². The maximum absolute atomic E-state index is 11.1. The Morgan fingerprint density at radius 1 is 1.43 bits per heavy atom. The van der Waals surface area contributed by atoms with E-state index in [9.17, 15) is 4.79 Å². The molecule has 0 unspecified atom stereocenters. The van der Waals surface area contributed by atoms with Crippen LogP contribution in [0.15, 0.2) is 22.5 Å². The first kappa shape index (κ1) is 15.8. The van der Waals surface area contributed by atoms with Gasteiger partial charge in [-0.05, 0) is 24.5 Å². The summed E-state index contributed by atoms with van der Waals surface area (Å²) in [5.41, 5.74) is 3.50. The van der Waals surface area contributed by atoms with Gasteiger partial charge in [-0.1, -0.05) is 48.2 Å². The third-order valence-electron chi connectivity index (χ3n) is 2.92. The molecule has 0 fully saturated rings. The molecule has 0 atom stereocenters. The topological polar surface area (TPSA) is 64.1 Å². The summed E-state index contributed by atoms with van der Waals surface area (Å²) in [6.07, 6.45) is 0.951. The summed E-state index contributed by atoms with van der Waals surface area (Å²) in [5, 5.41) is 12.2. The number of hydrogen-bond acceptors (Lipinski definition) is 7. The number of benzene rings is 1. The highest BCUT2D eigenvalue weighted by atomic mass is 32.2. The molecule has 112 valence electrons. The zero-order valence-electron chi connectivity index (χ0n) is 12.2. The Labute approximate surface area is 132 Å². The second-order valence-corrected chi connectivity index (χ2v) is 6.53. The van der Waals surface area contributed by atoms with Crippen LogP contribution in [0, 0.1) is 6.92 Å². The number of esters is 1.